The van der Waals surface area contributed by atoms with E-state index in [1.165, 1.54) is 20.2 Å². The summed E-state index contributed by atoms with van der Waals surface area (Å²) in [6.07, 6.45) is 0. The average molecular weight is 237 g/mol. The largest absolute Gasteiger partial charge is 0.308 e. The Morgan fingerprint density at radius 3 is 2.53 bits per heavy atom. The molecule has 0 saturated heterocycles. The number of hydrogen-bond acceptors (Lipinski definition) is 3. The summed E-state index contributed by atoms with van der Waals surface area (Å²) in [5.41, 5.74) is 1.40. The molecule has 0 fully saturated rings. The van der Waals surface area contributed by atoms with Gasteiger partial charge in [0.25, 0.3) is 0 Å². The standard InChI is InChI=1S/C12H15NS2/c1-8-7-11(15-9(8)2)12(13-3)10-5-4-6-14-10/h4-7,12-13H,1-3H3. The van der Waals surface area contributed by atoms with Crippen LogP contribution in [-0.4, -0.2) is 7.05 Å². The van der Waals surface area contributed by atoms with E-state index in [9.17, 15) is 0 Å². The number of thiophene rings is 2. The van der Waals surface area contributed by atoms with Gasteiger partial charge in [0.15, 0.2) is 0 Å². The Hall–Kier alpha value is -0.640. The van der Waals surface area contributed by atoms with Crippen LogP contribution in [0.4, 0.5) is 0 Å². The summed E-state index contributed by atoms with van der Waals surface area (Å²) in [5.74, 6) is 0. The fraction of sp³-hybridized carbons (Fsp3) is 0.333. The van der Waals surface area contributed by atoms with Crippen molar-refractivity contribution in [3.63, 3.8) is 0 Å². The van der Waals surface area contributed by atoms with E-state index in [-0.39, 0.29) is 0 Å². The Labute approximate surface area is 98.8 Å². The molecule has 0 bridgehead atoms. The highest BCUT2D eigenvalue weighted by Crippen LogP contribution is 2.32. The molecule has 0 saturated carbocycles. The van der Waals surface area contributed by atoms with Gasteiger partial charge in [-0.3, -0.25) is 0 Å². The van der Waals surface area contributed by atoms with Gasteiger partial charge < -0.3 is 5.32 Å². The first-order valence-corrected chi connectivity index (χ1v) is 6.69. The number of hydrogen-bond donors (Lipinski definition) is 1. The molecule has 2 heterocycles. The monoisotopic (exact) mass is 237 g/mol. The first-order valence-electron chi connectivity index (χ1n) is 5.00. The SMILES string of the molecule is CNC(c1cccs1)c1cc(C)c(C)s1. The lowest BCUT2D eigenvalue weighted by Crippen LogP contribution is -2.14. The van der Waals surface area contributed by atoms with Crippen LogP contribution in [0.5, 0.6) is 0 Å². The minimum Gasteiger partial charge on any atom is -0.308 e. The van der Waals surface area contributed by atoms with Gasteiger partial charge in [0.05, 0.1) is 6.04 Å². The van der Waals surface area contributed by atoms with E-state index >= 15 is 0 Å². The van der Waals surface area contributed by atoms with E-state index < -0.39 is 0 Å². The second-order valence-electron chi connectivity index (χ2n) is 3.63. The third kappa shape index (κ3) is 2.14. The topological polar surface area (TPSA) is 12.0 Å². The Bertz CT molecular complexity index is 409. The molecule has 1 unspecified atom stereocenters. The average Bonchev–Trinajstić information content (AvgIpc) is 2.80. The molecule has 0 aliphatic rings. The van der Waals surface area contributed by atoms with Gasteiger partial charge in [-0.2, -0.15) is 0 Å². The molecule has 0 spiro atoms. The van der Waals surface area contributed by atoms with Gasteiger partial charge in [-0.25, -0.2) is 0 Å². The van der Waals surface area contributed by atoms with E-state index in [1.54, 1.807) is 0 Å². The predicted octanol–water partition coefficient (Wildman–Crippen LogP) is 3.74. The molecule has 2 aromatic heterocycles. The van der Waals surface area contributed by atoms with E-state index in [0.717, 1.165) is 0 Å². The van der Waals surface area contributed by atoms with Crippen LogP contribution in [0.3, 0.4) is 0 Å². The van der Waals surface area contributed by atoms with Gasteiger partial charge in [0, 0.05) is 14.6 Å². The molecule has 1 nitrogen and oxygen atoms in total. The highest BCUT2D eigenvalue weighted by Gasteiger charge is 2.15. The van der Waals surface area contributed by atoms with Crippen molar-refractivity contribution in [3.8, 4) is 0 Å². The first kappa shape index (κ1) is 10.9. The summed E-state index contributed by atoms with van der Waals surface area (Å²) < 4.78 is 0. The molecule has 0 aliphatic carbocycles. The third-order valence-electron chi connectivity index (χ3n) is 2.59. The zero-order valence-corrected chi connectivity index (χ0v) is 10.8. The number of aryl methyl sites for hydroxylation is 2. The van der Waals surface area contributed by atoms with Gasteiger partial charge in [0.2, 0.25) is 0 Å². The maximum Gasteiger partial charge on any atom is 0.0762 e. The summed E-state index contributed by atoms with van der Waals surface area (Å²) in [5, 5.41) is 5.51. The minimum absolute atomic E-state index is 0.363. The van der Waals surface area contributed by atoms with E-state index in [0.29, 0.717) is 6.04 Å². The molecule has 2 rings (SSSR count). The molecular formula is C12H15NS2. The van der Waals surface area contributed by atoms with Crippen LogP contribution in [0.1, 0.15) is 26.2 Å². The lowest BCUT2D eigenvalue weighted by atomic mass is 10.2. The highest BCUT2D eigenvalue weighted by atomic mass is 32.1. The van der Waals surface area contributed by atoms with Crippen molar-refractivity contribution >= 4 is 22.7 Å². The molecule has 0 radical (unpaired) electrons. The van der Waals surface area contributed by atoms with Crippen LogP contribution in [0, 0.1) is 13.8 Å². The van der Waals surface area contributed by atoms with Crippen molar-refractivity contribution in [3.05, 3.63) is 43.8 Å². The smallest absolute Gasteiger partial charge is 0.0762 e. The molecular weight excluding hydrogens is 222 g/mol. The van der Waals surface area contributed by atoms with Crippen molar-refractivity contribution in [2.45, 2.75) is 19.9 Å². The van der Waals surface area contributed by atoms with Crippen molar-refractivity contribution in [2.75, 3.05) is 7.05 Å². The van der Waals surface area contributed by atoms with Gasteiger partial charge in [-0.05, 0) is 44.0 Å². The number of nitrogens with one attached hydrogen (secondary N) is 1. The second-order valence-corrected chi connectivity index (χ2v) is 5.89. The summed E-state index contributed by atoms with van der Waals surface area (Å²) >= 11 is 3.70. The van der Waals surface area contributed by atoms with Crippen molar-refractivity contribution < 1.29 is 0 Å². The molecule has 1 N–H and O–H groups in total. The maximum atomic E-state index is 3.38. The molecule has 1 atom stereocenters. The van der Waals surface area contributed by atoms with Gasteiger partial charge >= 0.3 is 0 Å². The fourth-order valence-electron chi connectivity index (χ4n) is 1.62. The van der Waals surface area contributed by atoms with Crippen LogP contribution < -0.4 is 5.32 Å². The van der Waals surface area contributed by atoms with Crippen LogP contribution in [0.2, 0.25) is 0 Å². The van der Waals surface area contributed by atoms with Crippen molar-refractivity contribution in [2.24, 2.45) is 0 Å². The zero-order valence-electron chi connectivity index (χ0n) is 9.20. The van der Waals surface area contributed by atoms with E-state index in [4.69, 9.17) is 0 Å². The Kier molecular flexibility index (Phi) is 3.24. The molecule has 3 heteroatoms. The zero-order chi connectivity index (χ0) is 10.8. The van der Waals surface area contributed by atoms with E-state index in [2.05, 4.69) is 42.7 Å². The quantitative estimate of drug-likeness (QED) is 0.857. The van der Waals surface area contributed by atoms with E-state index in [1.807, 2.05) is 29.7 Å². The third-order valence-corrected chi connectivity index (χ3v) is 4.74. The summed E-state index contributed by atoms with van der Waals surface area (Å²) in [6.45, 7) is 4.36. The summed E-state index contributed by atoms with van der Waals surface area (Å²) in [4.78, 5) is 4.22. The Morgan fingerprint density at radius 2 is 2.07 bits per heavy atom. The Morgan fingerprint density at radius 1 is 1.27 bits per heavy atom. The van der Waals surface area contributed by atoms with Crippen LogP contribution in [-0.2, 0) is 0 Å². The van der Waals surface area contributed by atoms with Gasteiger partial charge in [0.1, 0.15) is 0 Å². The normalized spacial score (nSPS) is 13.0. The predicted molar refractivity (Wildman–Crippen MR) is 69.0 cm³/mol. The molecule has 0 aromatic carbocycles. The molecule has 0 aliphatic heterocycles. The highest BCUT2D eigenvalue weighted by molar-refractivity contribution is 7.13. The molecule has 80 valence electrons. The maximum absolute atomic E-state index is 3.38. The van der Waals surface area contributed by atoms with Crippen LogP contribution in [0.25, 0.3) is 0 Å². The van der Waals surface area contributed by atoms with Crippen LogP contribution >= 0.6 is 22.7 Å². The van der Waals surface area contributed by atoms with Gasteiger partial charge in [-0.1, -0.05) is 6.07 Å². The Balaban J connectivity index is 2.35. The fourth-order valence-corrected chi connectivity index (χ4v) is 3.72. The number of rotatable bonds is 3. The minimum atomic E-state index is 0.363. The van der Waals surface area contributed by atoms with Crippen molar-refractivity contribution in [1.29, 1.82) is 0 Å². The summed E-state index contributed by atoms with van der Waals surface area (Å²) in [6, 6.07) is 6.96. The molecule has 15 heavy (non-hydrogen) atoms. The summed E-state index contributed by atoms with van der Waals surface area (Å²) in [7, 11) is 2.02. The molecule has 0 amide bonds. The first-order chi connectivity index (χ1) is 7.22. The van der Waals surface area contributed by atoms with Crippen molar-refractivity contribution in [1.82, 2.24) is 5.32 Å². The lowest BCUT2D eigenvalue weighted by molar-refractivity contribution is 0.716. The second kappa shape index (κ2) is 4.47. The molecule has 2 aromatic rings. The lowest BCUT2D eigenvalue weighted by Gasteiger charge is -2.11. The van der Waals surface area contributed by atoms with Crippen LogP contribution in [0.15, 0.2) is 23.6 Å². The van der Waals surface area contributed by atoms with Gasteiger partial charge in [-0.15, -0.1) is 22.7 Å².